The first kappa shape index (κ1) is 12.9. The van der Waals surface area contributed by atoms with Crippen LogP contribution in [0, 0.1) is 0 Å². The summed E-state index contributed by atoms with van der Waals surface area (Å²) >= 11 is 1.52. The number of hydrogen-bond acceptors (Lipinski definition) is 5. The maximum Gasteiger partial charge on any atom is 0.273 e. The summed E-state index contributed by atoms with van der Waals surface area (Å²) in [7, 11) is 3.35. The van der Waals surface area contributed by atoms with Gasteiger partial charge in [0.25, 0.3) is 5.91 Å². The Labute approximate surface area is 98.9 Å². The van der Waals surface area contributed by atoms with Crippen LogP contribution in [0.1, 0.15) is 16.9 Å². The van der Waals surface area contributed by atoms with Gasteiger partial charge >= 0.3 is 0 Å². The lowest BCUT2D eigenvalue weighted by atomic mass is 10.3. The van der Waals surface area contributed by atoms with Crippen molar-refractivity contribution in [1.82, 2.24) is 15.1 Å². The van der Waals surface area contributed by atoms with Crippen LogP contribution in [-0.2, 0) is 0 Å². The van der Waals surface area contributed by atoms with E-state index in [2.05, 4.69) is 10.2 Å². The summed E-state index contributed by atoms with van der Waals surface area (Å²) in [6.07, 6.45) is 0.727. The summed E-state index contributed by atoms with van der Waals surface area (Å²) in [6, 6.07) is 3.43. The van der Waals surface area contributed by atoms with E-state index in [0.717, 1.165) is 17.2 Å². The minimum atomic E-state index is -0.153. The molecule has 0 aliphatic rings. The summed E-state index contributed by atoms with van der Waals surface area (Å²) in [5.74, 6) is 0.644. The van der Waals surface area contributed by atoms with Gasteiger partial charge in [-0.1, -0.05) is 0 Å². The molecule has 0 fully saturated rings. The Kier molecular flexibility index (Phi) is 5.21. The maximum atomic E-state index is 11.5. The van der Waals surface area contributed by atoms with Crippen molar-refractivity contribution in [3.8, 4) is 0 Å². The van der Waals surface area contributed by atoms with E-state index in [1.165, 1.54) is 16.7 Å². The van der Waals surface area contributed by atoms with Crippen molar-refractivity contribution in [1.29, 1.82) is 0 Å². The van der Waals surface area contributed by atoms with Gasteiger partial charge < -0.3 is 10.0 Å². The van der Waals surface area contributed by atoms with E-state index in [1.54, 1.807) is 26.2 Å². The van der Waals surface area contributed by atoms with E-state index in [1.807, 2.05) is 0 Å². The first-order valence-corrected chi connectivity index (χ1v) is 5.92. The molecule has 0 aliphatic carbocycles. The molecule has 1 aromatic rings. The van der Waals surface area contributed by atoms with Gasteiger partial charge in [0.05, 0.1) is 0 Å². The summed E-state index contributed by atoms with van der Waals surface area (Å²) in [4.78, 5) is 13.0. The van der Waals surface area contributed by atoms with E-state index < -0.39 is 0 Å². The molecule has 1 heterocycles. The third-order valence-electron chi connectivity index (χ3n) is 1.82. The van der Waals surface area contributed by atoms with Crippen LogP contribution in [0.4, 0.5) is 0 Å². The Morgan fingerprint density at radius 1 is 1.44 bits per heavy atom. The number of carbonyl (C=O) groups excluding carboxylic acids is 1. The van der Waals surface area contributed by atoms with E-state index in [0.29, 0.717) is 5.69 Å². The zero-order valence-electron chi connectivity index (χ0n) is 9.38. The molecule has 0 atom stereocenters. The van der Waals surface area contributed by atoms with Crippen LogP contribution < -0.4 is 0 Å². The zero-order valence-corrected chi connectivity index (χ0v) is 10.2. The molecule has 16 heavy (non-hydrogen) atoms. The van der Waals surface area contributed by atoms with Crippen LogP contribution >= 0.6 is 11.8 Å². The predicted octanol–water partition coefficient (Wildman–Crippen LogP) is 0.653. The summed E-state index contributed by atoms with van der Waals surface area (Å²) in [6.45, 7) is 0.178. The van der Waals surface area contributed by atoms with Crippen LogP contribution in [-0.4, -0.2) is 52.6 Å². The first-order valence-electron chi connectivity index (χ1n) is 4.94. The van der Waals surface area contributed by atoms with Crippen molar-refractivity contribution >= 4 is 17.7 Å². The van der Waals surface area contributed by atoms with E-state index in [-0.39, 0.29) is 12.5 Å². The minimum Gasteiger partial charge on any atom is -0.396 e. The molecule has 5 nitrogen and oxygen atoms in total. The Bertz CT molecular complexity index is 340. The van der Waals surface area contributed by atoms with Gasteiger partial charge in [0.2, 0.25) is 0 Å². The van der Waals surface area contributed by atoms with Crippen LogP contribution in [0.25, 0.3) is 0 Å². The number of thioether (sulfide) groups is 1. The highest BCUT2D eigenvalue weighted by Crippen LogP contribution is 2.14. The average Bonchev–Trinajstić information content (AvgIpc) is 2.29. The number of rotatable bonds is 5. The molecule has 1 amide bonds. The van der Waals surface area contributed by atoms with E-state index >= 15 is 0 Å². The molecular formula is C10H15N3O2S. The van der Waals surface area contributed by atoms with Gasteiger partial charge in [-0.05, 0) is 18.6 Å². The fraction of sp³-hybridized carbons (Fsp3) is 0.500. The molecule has 1 N–H and O–H groups in total. The molecule has 0 aromatic carbocycles. The van der Waals surface area contributed by atoms with Gasteiger partial charge in [0.15, 0.2) is 5.69 Å². The summed E-state index contributed by atoms with van der Waals surface area (Å²) < 4.78 is 0. The minimum absolute atomic E-state index is 0.153. The number of amides is 1. The largest absolute Gasteiger partial charge is 0.396 e. The van der Waals surface area contributed by atoms with Crippen LogP contribution in [0.15, 0.2) is 17.2 Å². The molecule has 6 heteroatoms. The van der Waals surface area contributed by atoms with Crippen molar-refractivity contribution in [2.75, 3.05) is 26.5 Å². The van der Waals surface area contributed by atoms with Crippen molar-refractivity contribution in [2.45, 2.75) is 11.4 Å². The second kappa shape index (κ2) is 6.44. The number of aliphatic hydroxyl groups is 1. The van der Waals surface area contributed by atoms with Gasteiger partial charge in [-0.2, -0.15) is 0 Å². The third-order valence-corrected chi connectivity index (χ3v) is 2.82. The monoisotopic (exact) mass is 241 g/mol. The Morgan fingerprint density at radius 2 is 2.19 bits per heavy atom. The number of aliphatic hydroxyl groups excluding tert-OH is 1. The molecule has 0 unspecified atom stereocenters. The molecule has 0 saturated heterocycles. The lowest BCUT2D eigenvalue weighted by molar-refractivity contribution is 0.0820. The lowest BCUT2D eigenvalue weighted by Crippen LogP contribution is -2.23. The molecule has 0 bridgehead atoms. The van der Waals surface area contributed by atoms with Gasteiger partial charge in [0, 0.05) is 26.5 Å². The normalized spacial score (nSPS) is 10.2. The Balaban J connectivity index is 2.57. The highest BCUT2D eigenvalue weighted by molar-refractivity contribution is 7.99. The van der Waals surface area contributed by atoms with Crippen molar-refractivity contribution in [2.24, 2.45) is 0 Å². The van der Waals surface area contributed by atoms with E-state index in [4.69, 9.17) is 5.11 Å². The van der Waals surface area contributed by atoms with Crippen LogP contribution in [0.5, 0.6) is 0 Å². The second-order valence-corrected chi connectivity index (χ2v) is 4.50. The fourth-order valence-electron chi connectivity index (χ4n) is 0.981. The SMILES string of the molecule is CN(C)C(=O)c1ccc(SCCCO)nn1. The van der Waals surface area contributed by atoms with Crippen LogP contribution in [0.2, 0.25) is 0 Å². The highest BCUT2D eigenvalue weighted by Gasteiger charge is 2.09. The number of nitrogens with zero attached hydrogens (tertiary/aromatic N) is 3. The molecule has 1 aromatic heterocycles. The molecule has 0 saturated carbocycles. The zero-order chi connectivity index (χ0) is 12.0. The topological polar surface area (TPSA) is 66.3 Å². The molecular weight excluding hydrogens is 226 g/mol. The van der Waals surface area contributed by atoms with Crippen LogP contribution in [0.3, 0.4) is 0 Å². The third kappa shape index (κ3) is 3.79. The Hall–Kier alpha value is -1.14. The van der Waals surface area contributed by atoms with E-state index in [9.17, 15) is 4.79 Å². The average molecular weight is 241 g/mol. The maximum absolute atomic E-state index is 11.5. The predicted molar refractivity (Wildman–Crippen MR) is 62.5 cm³/mol. The number of hydrogen-bond donors (Lipinski definition) is 1. The van der Waals surface area contributed by atoms with Gasteiger partial charge in [-0.15, -0.1) is 22.0 Å². The lowest BCUT2D eigenvalue weighted by Gasteiger charge is -2.08. The fourth-order valence-corrected chi connectivity index (χ4v) is 1.73. The van der Waals surface area contributed by atoms with Gasteiger partial charge in [-0.25, -0.2) is 0 Å². The number of carbonyl (C=O) groups is 1. The molecule has 0 spiro atoms. The quantitative estimate of drug-likeness (QED) is 0.605. The second-order valence-electron chi connectivity index (χ2n) is 3.38. The molecule has 88 valence electrons. The van der Waals surface area contributed by atoms with Gasteiger partial charge in [0.1, 0.15) is 5.03 Å². The van der Waals surface area contributed by atoms with Gasteiger partial charge in [-0.3, -0.25) is 4.79 Å². The molecule has 0 radical (unpaired) electrons. The first-order chi connectivity index (χ1) is 7.65. The smallest absolute Gasteiger partial charge is 0.273 e. The summed E-state index contributed by atoms with van der Waals surface area (Å²) in [5, 5.41) is 17.2. The van der Waals surface area contributed by atoms with Crippen molar-refractivity contribution in [3.05, 3.63) is 17.8 Å². The molecule has 1 rings (SSSR count). The van der Waals surface area contributed by atoms with Crippen molar-refractivity contribution < 1.29 is 9.90 Å². The van der Waals surface area contributed by atoms with Crippen molar-refractivity contribution in [3.63, 3.8) is 0 Å². The summed E-state index contributed by atoms with van der Waals surface area (Å²) in [5.41, 5.74) is 0.344. The molecule has 0 aliphatic heterocycles. The highest BCUT2D eigenvalue weighted by atomic mass is 32.2. The Morgan fingerprint density at radius 3 is 2.69 bits per heavy atom. The number of aromatic nitrogens is 2. The standard InChI is InChI=1S/C10H15N3O2S/c1-13(2)10(15)8-4-5-9(12-11-8)16-7-3-6-14/h4-5,14H,3,6-7H2,1-2H3.